The van der Waals surface area contributed by atoms with Crippen molar-refractivity contribution in [2.75, 3.05) is 6.54 Å². The summed E-state index contributed by atoms with van der Waals surface area (Å²) in [6.45, 7) is 8.92. The molecule has 0 aromatic rings. The SMILES string of the molecule is CC1CCCCC1NCC(NC(=O)OC(C)(C)C)C1CC1. The number of ether oxygens (including phenoxy) is 1. The zero-order valence-corrected chi connectivity index (χ0v) is 14.1. The number of carbonyl (C=O) groups is 1. The van der Waals surface area contributed by atoms with Crippen molar-refractivity contribution in [2.24, 2.45) is 11.8 Å². The van der Waals surface area contributed by atoms with Gasteiger partial charge in [-0.15, -0.1) is 0 Å². The minimum absolute atomic E-state index is 0.217. The molecule has 0 aliphatic heterocycles. The van der Waals surface area contributed by atoms with E-state index in [2.05, 4.69) is 17.6 Å². The van der Waals surface area contributed by atoms with Crippen LogP contribution in [-0.2, 0) is 4.74 Å². The monoisotopic (exact) mass is 296 g/mol. The molecule has 21 heavy (non-hydrogen) atoms. The van der Waals surface area contributed by atoms with Crippen LogP contribution < -0.4 is 10.6 Å². The molecule has 0 spiro atoms. The van der Waals surface area contributed by atoms with Crippen LogP contribution in [0.1, 0.15) is 66.2 Å². The predicted octanol–water partition coefficient (Wildman–Crippen LogP) is 3.46. The number of hydrogen-bond donors (Lipinski definition) is 2. The summed E-state index contributed by atoms with van der Waals surface area (Å²) in [5.74, 6) is 1.38. The normalized spacial score (nSPS) is 28.0. The van der Waals surface area contributed by atoms with Gasteiger partial charge in [0.05, 0.1) is 0 Å². The Hall–Kier alpha value is -0.770. The summed E-state index contributed by atoms with van der Waals surface area (Å²) >= 11 is 0. The fourth-order valence-corrected chi connectivity index (χ4v) is 3.19. The highest BCUT2D eigenvalue weighted by Gasteiger charge is 2.34. The van der Waals surface area contributed by atoms with Crippen molar-refractivity contribution < 1.29 is 9.53 Å². The van der Waals surface area contributed by atoms with Crippen LogP contribution in [0.5, 0.6) is 0 Å². The fourth-order valence-electron chi connectivity index (χ4n) is 3.19. The molecule has 0 bridgehead atoms. The highest BCUT2D eigenvalue weighted by molar-refractivity contribution is 5.68. The standard InChI is InChI=1S/C17H32N2O2/c1-12-7-5-6-8-14(12)18-11-15(13-9-10-13)19-16(20)21-17(2,3)4/h12-15,18H,5-11H2,1-4H3,(H,19,20). The molecular weight excluding hydrogens is 264 g/mol. The van der Waals surface area contributed by atoms with Gasteiger partial charge in [0.25, 0.3) is 0 Å². The van der Waals surface area contributed by atoms with Crippen molar-refractivity contribution in [2.45, 2.75) is 83.9 Å². The summed E-state index contributed by atoms with van der Waals surface area (Å²) in [5.41, 5.74) is -0.427. The smallest absolute Gasteiger partial charge is 0.407 e. The number of rotatable bonds is 5. The molecule has 2 saturated carbocycles. The third kappa shape index (κ3) is 5.85. The van der Waals surface area contributed by atoms with Crippen LogP contribution in [0.4, 0.5) is 4.79 Å². The third-order valence-electron chi connectivity index (χ3n) is 4.60. The number of carbonyl (C=O) groups excluding carboxylic acids is 1. The Bertz CT molecular complexity index is 347. The van der Waals surface area contributed by atoms with E-state index in [-0.39, 0.29) is 12.1 Å². The largest absolute Gasteiger partial charge is 0.444 e. The van der Waals surface area contributed by atoms with Crippen LogP contribution in [0.25, 0.3) is 0 Å². The molecule has 122 valence electrons. The van der Waals surface area contributed by atoms with Gasteiger partial charge in [-0.05, 0) is 58.3 Å². The molecule has 4 heteroatoms. The summed E-state index contributed by atoms with van der Waals surface area (Å²) in [7, 11) is 0. The molecule has 2 aliphatic rings. The van der Waals surface area contributed by atoms with Gasteiger partial charge in [0.15, 0.2) is 0 Å². The lowest BCUT2D eigenvalue weighted by molar-refractivity contribution is 0.0495. The van der Waals surface area contributed by atoms with Gasteiger partial charge in [-0.25, -0.2) is 4.79 Å². The van der Waals surface area contributed by atoms with Crippen molar-refractivity contribution in [1.29, 1.82) is 0 Å². The van der Waals surface area contributed by atoms with Crippen LogP contribution in [0, 0.1) is 11.8 Å². The van der Waals surface area contributed by atoms with Crippen LogP contribution in [0.3, 0.4) is 0 Å². The second-order valence-corrected chi connectivity index (χ2v) is 7.87. The summed E-state index contributed by atoms with van der Waals surface area (Å²) < 4.78 is 5.38. The van der Waals surface area contributed by atoms with Gasteiger partial charge >= 0.3 is 6.09 Å². The molecule has 1 amide bonds. The predicted molar refractivity (Wildman–Crippen MR) is 85.3 cm³/mol. The zero-order valence-electron chi connectivity index (χ0n) is 14.1. The van der Waals surface area contributed by atoms with Gasteiger partial charge in [0, 0.05) is 18.6 Å². The maximum atomic E-state index is 12.0. The Balaban J connectivity index is 1.78. The molecule has 4 nitrogen and oxygen atoms in total. The minimum atomic E-state index is -0.427. The van der Waals surface area contributed by atoms with Crippen molar-refractivity contribution >= 4 is 6.09 Å². The van der Waals surface area contributed by atoms with Gasteiger partial charge in [-0.2, -0.15) is 0 Å². The maximum absolute atomic E-state index is 12.0. The van der Waals surface area contributed by atoms with Gasteiger partial charge in [-0.1, -0.05) is 19.8 Å². The van der Waals surface area contributed by atoms with Crippen LogP contribution >= 0.6 is 0 Å². The Morgan fingerprint density at radius 1 is 1.19 bits per heavy atom. The van der Waals surface area contributed by atoms with Crippen LogP contribution in [0.15, 0.2) is 0 Å². The first kappa shape index (κ1) is 16.6. The topological polar surface area (TPSA) is 50.4 Å². The summed E-state index contributed by atoms with van der Waals surface area (Å²) in [4.78, 5) is 12.0. The highest BCUT2D eigenvalue weighted by Crippen LogP contribution is 2.33. The molecule has 0 heterocycles. The zero-order chi connectivity index (χ0) is 15.5. The van der Waals surface area contributed by atoms with E-state index in [1.807, 2.05) is 20.8 Å². The summed E-state index contributed by atoms with van der Waals surface area (Å²) in [6, 6.07) is 0.828. The van der Waals surface area contributed by atoms with E-state index in [1.54, 1.807) is 0 Å². The number of hydrogen-bond acceptors (Lipinski definition) is 3. The van der Waals surface area contributed by atoms with Gasteiger partial charge in [-0.3, -0.25) is 0 Å². The molecule has 0 radical (unpaired) electrons. The number of alkyl carbamates (subject to hydrolysis) is 1. The highest BCUT2D eigenvalue weighted by atomic mass is 16.6. The van der Waals surface area contributed by atoms with E-state index >= 15 is 0 Å². The first-order valence-corrected chi connectivity index (χ1v) is 8.58. The molecule has 2 fully saturated rings. The molecule has 2 rings (SSSR count). The molecule has 2 N–H and O–H groups in total. The van der Waals surface area contributed by atoms with Crippen LogP contribution in [0.2, 0.25) is 0 Å². The first-order chi connectivity index (χ1) is 9.85. The lowest BCUT2D eigenvalue weighted by Crippen LogP contribution is -2.49. The second kappa shape index (κ2) is 6.99. The molecule has 0 aromatic heterocycles. The Labute approximate surface area is 129 Å². The quantitative estimate of drug-likeness (QED) is 0.817. The third-order valence-corrected chi connectivity index (χ3v) is 4.60. The molecule has 3 unspecified atom stereocenters. The average Bonchev–Trinajstić information content (AvgIpc) is 3.18. The van der Waals surface area contributed by atoms with E-state index < -0.39 is 5.60 Å². The summed E-state index contributed by atoms with van der Waals surface area (Å²) in [5, 5.41) is 6.76. The van der Waals surface area contributed by atoms with Crippen molar-refractivity contribution in [1.82, 2.24) is 10.6 Å². The summed E-state index contributed by atoms with van der Waals surface area (Å²) in [6.07, 6.45) is 7.45. The maximum Gasteiger partial charge on any atom is 0.407 e. The molecule has 2 aliphatic carbocycles. The Morgan fingerprint density at radius 3 is 2.43 bits per heavy atom. The van der Waals surface area contributed by atoms with Gasteiger partial charge < -0.3 is 15.4 Å². The van der Waals surface area contributed by atoms with Crippen molar-refractivity contribution in [3.05, 3.63) is 0 Å². The van der Waals surface area contributed by atoms with E-state index in [1.165, 1.54) is 38.5 Å². The van der Waals surface area contributed by atoms with E-state index in [4.69, 9.17) is 4.74 Å². The van der Waals surface area contributed by atoms with Crippen molar-refractivity contribution in [3.63, 3.8) is 0 Å². The van der Waals surface area contributed by atoms with Gasteiger partial charge in [0.2, 0.25) is 0 Å². The first-order valence-electron chi connectivity index (χ1n) is 8.58. The second-order valence-electron chi connectivity index (χ2n) is 7.87. The Kier molecular flexibility index (Phi) is 5.53. The fraction of sp³-hybridized carbons (Fsp3) is 0.941. The number of amides is 1. The van der Waals surface area contributed by atoms with Gasteiger partial charge in [0.1, 0.15) is 5.60 Å². The number of nitrogens with one attached hydrogen (secondary N) is 2. The van der Waals surface area contributed by atoms with E-state index in [9.17, 15) is 4.79 Å². The van der Waals surface area contributed by atoms with Crippen molar-refractivity contribution in [3.8, 4) is 0 Å². The molecule has 3 atom stereocenters. The Morgan fingerprint density at radius 2 is 1.86 bits per heavy atom. The van der Waals surface area contributed by atoms with E-state index in [0.29, 0.717) is 12.0 Å². The minimum Gasteiger partial charge on any atom is -0.444 e. The molecule has 0 aromatic carbocycles. The average molecular weight is 296 g/mol. The lowest BCUT2D eigenvalue weighted by Gasteiger charge is -2.31. The molecular formula is C17H32N2O2. The van der Waals surface area contributed by atoms with E-state index in [0.717, 1.165) is 12.5 Å². The molecule has 0 saturated heterocycles. The van der Waals surface area contributed by atoms with Crippen LogP contribution in [-0.4, -0.2) is 30.3 Å². The lowest BCUT2D eigenvalue weighted by atomic mass is 9.86.